The summed E-state index contributed by atoms with van der Waals surface area (Å²) in [4.78, 5) is 25.4. The van der Waals surface area contributed by atoms with Gasteiger partial charge in [-0.2, -0.15) is 0 Å². The first-order chi connectivity index (χ1) is 15.7. The van der Waals surface area contributed by atoms with Crippen LogP contribution in [-0.2, 0) is 19.6 Å². The Balaban J connectivity index is 1.93. The maximum absolute atomic E-state index is 14.3. The average molecular weight is 472 g/mol. The maximum Gasteiger partial charge on any atom is 0.342 e. The SMILES string of the molecule is CCOc1ccccc1NC(=O)C(OC(=O)c1cc(S(N)(=O)=O)ccc1F)c1ccccc1. The number of ether oxygens (including phenoxy) is 2. The van der Waals surface area contributed by atoms with Gasteiger partial charge in [-0.15, -0.1) is 0 Å². The fourth-order valence-electron chi connectivity index (χ4n) is 2.96. The highest BCUT2D eigenvalue weighted by Crippen LogP contribution is 2.27. The van der Waals surface area contributed by atoms with Gasteiger partial charge in [0, 0.05) is 5.56 Å². The minimum absolute atomic E-state index is 0.320. The normalized spacial score (nSPS) is 12.0. The highest BCUT2D eigenvalue weighted by atomic mass is 32.2. The lowest BCUT2D eigenvalue weighted by molar-refractivity contribution is -0.125. The Morgan fingerprint density at radius 3 is 2.36 bits per heavy atom. The Bertz CT molecular complexity index is 1260. The summed E-state index contributed by atoms with van der Waals surface area (Å²) in [5.74, 6) is -2.57. The molecule has 0 fully saturated rings. The van der Waals surface area contributed by atoms with Crippen molar-refractivity contribution < 1.29 is 31.9 Å². The van der Waals surface area contributed by atoms with Gasteiger partial charge in [-0.3, -0.25) is 4.79 Å². The number of nitrogens with two attached hydrogens (primary N) is 1. The first-order valence-corrected chi connectivity index (χ1v) is 11.4. The van der Waals surface area contributed by atoms with E-state index in [4.69, 9.17) is 14.6 Å². The zero-order chi connectivity index (χ0) is 24.0. The minimum atomic E-state index is -4.19. The van der Waals surface area contributed by atoms with Gasteiger partial charge >= 0.3 is 5.97 Å². The Morgan fingerprint density at radius 2 is 1.70 bits per heavy atom. The number of sulfonamides is 1. The van der Waals surface area contributed by atoms with E-state index in [0.29, 0.717) is 23.6 Å². The molecule has 0 radical (unpaired) electrons. The number of carbonyl (C=O) groups is 2. The van der Waals surface area contributed by atoms with Crippen molar-refractivity contribution in [2.24, 2.45) is 5.14 Å². The molecule has 0 saturated heterocycles. The number of nitrogens with one attached hydrogen (secondary N) is 1. The van der Waals surface area contributed by atoms with Gasteiger partial charge < -0.3 is 14.8 Å². The summed E-state index contributed by atoms with van der Waals surface area (Å²) >= 11 is 0. The number of anilines is 1. The van der Waals surface area contributed by atoms with Crippen LogP contribution in [0.4, 0.5) is 10.1 Å². The van der Waals surface area contributed by atoms with E-state index in [0.717, 1.165) is 18.2 Å². The van der Waals surface area contributed by atoms with Crippen LogP contribution in [-0.4, -0.2) is 26.9 Å². The van der Waals surface area contributed by atoms with Crippen molar-refractivity contribution in [1.82, 2.24) is 0 Å². The van der Waals surface area contributed by atoms with E-state index in [1.54, 1.807) is 61.5 Å². The lowest BCUT2D eigenvalue weighted by Gasteiger charge is -2.19. The highest BCUT2D eigenvalue weighted by Gasteiger charge is 2.28. The van der Waals surface area contributed by atoms with Gasteiger partial charge in [0.25, 0.3) is 5.91 Å². The molecule has 8 nitrogen and oxygen atoms in total. The molecule has 3 N–H and O–H groups in total. The second-order valence-electron chi connectivity index (χ2n) is 6.80. The Kier molecular flexibility index (Phi) is 7.41. The summed E-state index contributed by atoms with van der Waals surface area (Å²) in [6, 6.07) is 17.3. The van der Waals surface area contributed by atoms with E-state index < -0.39 is 44.3 Å². The Morgan fingerprint density at radius 1 is 1.03 bits per heavy atom. The maximum atomic E-state index is 14.3. The minimum Gasteiger partial charge on any atom is -0.492 e. The Hall–Kier alpha value is -3.76. The summed E-state index contributed by atoms with van der Waals surface area (Å²) in [6.45, 7) is 2.15. The van der Waals surface area contributed by atoms with Gasteiger partial charge in [0.15, 0.2) is 0 Å². The number of para-hydroxylation sites is 2. The number of primary sulfonamides is 1. The van der Waals surface area contributed by atoms with Crippen LogP contribution in [0.5, 0.6) is 5.75 Å². The van der Waals surface area contributed by atoms with Crippen molar-refractivity contribution >= 4 is 27.6 Å². The third-order valence-electron chi connectivity index (χ3n) is 4.50. The molecule has 3 aromatic rings. The largest absolute Gasteiger partial charge is 0.492 e. The first-order valence-electron chi connectivity index (χ1n) is 9.81. The number of rotatable bonds is 8. The van der Waals surface area contributed by atoms with Crippen molar-refractivity contribution in [1.29, 1.82) is 0 Å². The zero-order valence-corrected chi connectivity index (χ0v) is 18.3. The van der Waals surface area contributed by atoms with Crippen LogP contribution in [0.15, 0.2) is 77.7 Å². The van der Waals surface area contributed by atoms with Crippen LogP contribution in [0.2, 0.25) is 0 Å². The van der Waals surface area contributed by atoms with Gasteiger partial charge in [-0.25, -0.2) is 22.7 Å². The van der Waals surface area contributed by atoms with Crippen LogP contribution in [0.25, 0.3) is 0 Å². The zero-order valence-electron chi connectivity index (χ0n) is 17.5. The number of hydrogen-bond donors (Lipinski definition) is 2. The molecule has 3 rings (SSSR count). The van der Waals surface area contributed by atoms with Crippen LogP contribution < -0.4 is 15.2 Å². The fraction of sp³-hybridized carbons (Fsp3) is 0.130. The number of amides is 1. The van der Waals surface area contributed by atoms with E-state index in [9.17, 15) is 22.4 Å². The third-order valence-corrected chi connectivity index (χ3v) is 5.41. The number of carbonyl (C=O) groups excluding carboxylic acids is 2. The second-order valence-corrected chi connectivity index (χ2v) is 8.36. The van der Waals surface area contributed by atoms with Gasteiger partial charge in [0.2, 0.25) is 16.1 Å². The molecule has 33 heavy (non-hydrogen) atoms. The van der Waals surface area contributed by atoms with Crippen LogP contribution in [0.1, 0.15) is 28.9 Å². The van der Waals surface area contributed by atoms with E-state index >= 15 is 0 Å². The van der Waals surface area contributed by atoms with E-state index in [1.807, 2.05) is 0 Å². The second kappa shape index (κ2) is 10.2. The Labute approximate surface area is 190 Å². The lowest BCUT2D eigenvalue weighted by atomic mass is 10.1. The van der Waals surface area contributed by atoms with Crippen molar-refractivity contribution in [3.05, 3.63) is 89.7 Å². The molecule has 1 amide bonds. The molecule has 1 unspecified atom stereocenters. The van der Waals surface area contributed by atoms with Gasteiger partial charge in [-0.05, 0) is 37.3 Å². The molecule has 1 atom stereocenters. The summed E-state index contributed by atoms with van der Waals surface area (Å²) in [5.41, 5.74) is -0.00560. The predicted octanol–water partition coefficient (Wildman–Crippen LogP) is 3.41. The topological polar surface area (TPSA) is 125 Å². The fourth-order valence-corrected chi connectivity index (χ4v) is 3.50. The predicted molar refractivity (Wildman–Crippen MR) is 119 cm³/mol. The molecular formula is C23H21FN2O6S. The van der Waals surface area contributed by atoms with Gasteiger partial charge in [0.1, 0.15) is 11.6 Å². The molecule has 0 aliphatic rings. The molecule has 0 aromatic heterocycles. The summed E-state index contributed by atoms with van der Waals surface area (Å²) in [6.07, 6.45) is -1.47. The summed E-state index contributed by atoms with van der Waals surface area (Å²) in [7, 11) is -4.19. The van der Waals surface area contributed by atoms with E-state index in [2.05, 4.69) is 5.32 Å². The van der Waals surface area contributed by atoms with E-state index in [1.165, 1.54) is 0 Å². The van der Waals surface area contributed by atoms with Crippen molar-refractivity contribution in [2.45, 2.75) is 17.9 Å². The number of hydrogen-bond acceptors (Lipinski definition) is 6. The third kappa shape index (κ3) is 5.93. The monoisotopic (exact) mass is 472 g/mol. The van der Waals surface area contributed by atoms with Crippen molar-refractivity contribution in [3.63, 3.8) is 0 Å². The van der Waals surface area contributed by atoms with Crippen LogP contribution in [0.3, 0.4) is 0 Å². The summed E-state index contributed by atoms with van der Waals surface area (Å²) < 4.78 is 48.3. The average Bonchev–Trinajstić information content (AvgIpc) is 2.78. The first kappa shape index (κ1) is 23.9. The molecule has 0 bridgehead atoms. The quantitative estimate of drug-likeness (QED) is 0.484. The van der Waals surface area contributed by atoms with Gasteiger partial charge in [0.05, 0.1) is 22.8 Å². The molecule has 172 valence electrons. The van der Waals surface area contributed by atoms with Crippen molar-refractivity contribution in [2.75, 3.05) is 11.9 Å². The van der Waals surface area contributed by atoms with Gasteiger partial charge in [-0.1, -0.05) is 42.5 Å². The molecule has 0 saturated carbocycles. The standard InChI is InChI=1S/C23H21FN2O6S/c1-2-31-20-11-7-6-10-19(20)26-22(27)21(15-8-4-3-5-9-15)32-23(28)17-14-16(33(25,29)30)12-13-18(17)24/h3-14,21H,2H2,1H3,(H,26,27)(H2,25,29,30). The molecule has 0 spiro atoms. The molecular weight excluding hydrogens is 451 g/mol. The van der Waals surface area contributed by atoms with Crippen LogP contribution in [0, 0.1) is 5.82 Å². The number of esters is 1. The molecule has 0 aliphatic carbocycles. The molecule has 0 aliphatic heterocycles. The lowest BCUT2D eigenvalue weighted by Crippen LogP contribution is -2.26. The van der Waals surface area contributed by atoms with E-state index in [-0.39, 0.29) is 0 Å². The molecule has 3 aromatic carbocycles. The number of halogens is 1. The highest BCUT2D eigenvalue weighted by molar-refractivity contribution is 7.89. The smallest absolute Gasteiger partial charge is 0.342 e. The molecule has 0 heterocycles. The van der Waals surface area contributed by atoms with Crippen LogP contribution >= 0.6 is 0 Å². The summed E-state index contributed by atoms with van der Waals surface area (Å²) in [5, 5.41) is 7.71. The number of benzene rings is 3. The van der Waals surface area contributed by atoms with Crippen molar-refractivity contribution in [3.8, 4) is 5.75 Å². The molecule has 10 heteroatoms.